The van der Waals surface area contributed by atoms with Crippen molar-refractivity contribution in [2.75, 3.05) is 78.7 Å². The highest BCUT2D eigenvalue weighted by molar-refractivity contribution is 4.95. The van der Waals surface area contributed by atoms with Gasteiger partial charge in [-0.25, -0.2) is 0 Å². The van der Waals surface area contributed by atoms with Crippen LogP contribution in [0.4, 0.5) is 0 Å². The van der Waals surface area contributed by atoms with Crippen LogP contribution in [0.2, 0.25) is 0 Å². The molecule has 7 aliphatic heterocycles. The molecule has 8 nitrogen and oxygen atoms in total. The van der Waals surface area contributed by atoms with E-state index in [9.17, 15) is 0 Å². The second-order valence-corrected chi connectivity index (χ2v) is 11.5. The smallest absolute Gasteiger partial charge is 0.0506 e. The number of piperazine rings is 2. The monoisotopic (exact) mass is 463 g/mol. The number of hydrogen-bond acceptors (Lipinski definition) is 8. The Kier molecular flexibility index (Phi) is 9.30. The average molecular weight is 464 g/mol. The Morgan fingerprint density at radius 1 is 0.515 bits per heavy atom. The molecule has 8 fully saturated rings. The molecule has 8 aliphatic rings. The Hall–Kier alpha value is -0.320. The summed E-state index contributed by atoms with van der Waals surface area (Å²) in [6, 6.07) is 3.25. The molecule has 0 aromatic heterocycles. The van der Waals surface area contributed by atoms with E-state index in [-0.39, 0.29) is 0 Å². The highest BCUT2D eigenvalue weighted by Gasteiger charge is 2.32. The number of ether oxygens (including phenoxy) is 1. The summed E-state index contributed by atoms with van der Waals surface area (Å²) in [6.45, 7) is 14.0. The van der Waals surface area contributed by atoms with E-state index in [0.717, 1.165) is 61.1 Å². The Morgan fingerprint density at radius 3 is 1.42 bits per heavy atom. The Morgan fingerprint density at radius 2 is 1.00 bits per heavy atom. The lowest BCUT2D eigenvalue weighted by atomic mass is 9.85. The van der Waals surface area contributed by atoms with Gasteiger partial charge in [0.1, 0.15) is 0 Å². The summed E-state index contributed by atoms with van der Waals surface area (Å²) in [5, 5.41) is 24.0. The Bertz CT molecular complexity index is 515. The maximum absolute atomic E-state index is 5.40. The number of hydrogen-bond donors (Lipinski definition) is 7. The quantitative estimate of drug-likeness (QED) is 0.248. The highest BCUT2D eigenvalue weighted by atomic mass is 16.5. The molecule has 6 unspecified atom stereocenters. The van der Waals surface area contributed by atoms with Crippen LogP contribution in [0.25, 0.3) is 0 Å². The van der Waals surface area contributed by atoms with Gasteiger partial charge in [-0.05, 0) is 82.0 Å². The van der Waals surface area contributed by atoms with Crippen molar-refractivity contribution in [3.63, 3.8) is 0 Å². The molecule has 190 valence electrons. The first-order chi connectivity index (χ1) is 16.3. The van der Waals surface area contributed by atoms with Gasteiger partial charge in [0.15, 0.2) is 0 Å². The van der Waals surface area contributed by atoms with E-state index in [1.165, 1.54) is 97.6 Å². The second-order valence-electron chi connectivity index (χ2n) is 11.5. The SMILES string of the molecule is C1CC2CNCC1N2.C1CNC2CCC2N1.C1NCC2CNCC12.C1NCC2COCC1C2. The predicted octanol–water partition coefficient (Wildman–Crippen LogP) is -0.912. The zero-order valence-corrected chi connectivity index (χ0v) is 20.5. The molecule has 7 saturated heterocycles. The van der Waals surface area contributed by atoms with Crippen molar-refractivity contribution >= 4 is 0 Å². The minimum atomic E-state index is 0.800. The molecule has 0 aromatic rings. The van der Waals surface area contributed by atoms with Crippen LogP contribution in [0.15, 0.2) is 0 Å². The standard InChI is InChI=1S/C7H13NO.3C6H12N2/c1-6-2-8-3-7(1)5-9-4-6;1-5-2-8-4-6(5)3-7-1;1-2-6-4-7-3-5(1)8-6;1-2-6-5(1)7-3-4-8-6/h6-8H,1-5H2;3*5-8H,1-4H2. The predicted molar refractivity (Wildman–Crippen MR) is 134 cm³/mol. The zero-order valence-electron chi connectivity index (χ0n) is 20.5. The van der Waals surface area contributed by atoms with Crippen molar-refractivity contribution in [1.82, 2.24) is 37.2 Å². The highest BCUT2D eigenvalue weighted by Crippen LogP contribution is 2.22. The molecule has 0 radical (unpaired) electrons. The van der Waals surface area contributed by atoms with Crippen molar-refractivity contribution in [2.45, 2.75) is 56.3 Å². The van der Waals surface area contributed by atoms with Crippen LogP contribution < -0.4 is 37.2 Å². The van der Waals surface area contributed by atoms with Crippen LogP contribution in [0.1, 0.15) is 32.1 Å². The average Bonchev–Trinajstić information content (AvgIpc) is 3.53. The molecule has 1 aliphatic carbocycles. The van der Waals surface area contributed by atoms with Crippen LogP contribution in [0.3, 0.4) is 0 Å². The molecule has 7 N–H and O–H groups in total. The fraction of sp³-hybridized carbons (Fsp3) is 1.00. The van der Waals surface area contributed by atoms with Gasteiger partial charge in [-0.1, -0.05) is 0 Å². The molecule has 4 bridgehead atoms. The Labute approximate surface area is 200 Å². The van der Waals surface area contributed by atoms with E-state index < -0.39 is 0 Å². The molecule has 0 aromatic carbocycles. The molecular weight excluding hydrogens is 414 g/mol. The molecular formula is C25H49N7O. The largest absolute Gasteiger partial charge is 0.381 e. The van der Waals surface area contributed by atoms with Crippen LogP contribution >= 0.6 is 0 Å². The van der Waals surface area contributed by atoms with Gasteiger partial charge < -0.3 is 42.0 Å². The first-order valence-corrected chi connectivity index (χ1v) is 14.0. The molecule has 1 saturated carbocycles. The molecule has 8 heteroatoms. The van der Waals surface area contributed by atoms with Gasteiger partial charge >= 0.3 is 0 Å². The Balaban J connectivity index is 0.0000000923. The third-order valence-electron chi connectivity index (χ3n) is 8.86. The summed E-state index contributed by atoms with van der Waals surface area (Å²) in [5.41, 5.74) is 0. The second kappa shape index (κ2) is 12.6. The summed E-state index contributed by atoms with van der Waals surface area (Å²) in [4.78, 5) is 0. The number of piperidine rings is 1. The van der Waals surface area contributed by atoms with Gasteiger partial charge in [0.2, 0.25) is 0 Å². The van der Waals surface area contributed by atoms with Crippen molar-refractivity contribution < 1.29 is 4.74 Å². The summed E-state index contributed by atoms with van der Waals surface area (Å²) >= 11 is 0. The third kappa shape index (κ3) is 7.10. The molecule has 0 spiro atoms. The van der Waals surface area contributed by atoms with E-state index in [0.29, 0.717) is 0 Å². The topological polar surface area (TPSA) is 93.4 Å². The van der Waals surface area contributed by atoms with E-state index >= 15 is 0 Å². The van der Waals surface area contributed by atoms with Gasteiger partial charge in [0, 0.05) is 63.4 Å². The van der Waals surface area contributed by atoms with Crippen molar-refractivity contribution in [3.8, 4) is 0 Å². The number of fused-ring (bicyclic) bond motifs is 6. The summed E-state index contributed by atoms with van der Waals surface area (Å²) in [7, 11) is 0. The fourth-order valence-corrected chi connectivity index (χ4v) is 6.66. The minimum Gasteiger partial charge on any atom is -0.381 e. The van der Waals surface area contributed by atoms with Gasteiger partial charge in [0.05, 0.1) is 13.2 Å². The lowest BCUT2D eigenvalue weighted by Crippen LogP contribution is -2.61. The van der Waals surface area contributed by atoms with Crippen molar-refractivity contribution in [2.24, 2.45) is 23.7 Å². The lowest BCUT2D eigenvalue weighted by molar-refractivity contribution is -0.00121. The molecule has 8 rings (SSSR count). The molecule has 6 atom stereocenters. The van der Waals surface area contributed by atoms with Gasteiger partial charge in [0.25, 0.3) is 0 Å². The van der Waals surface area contributed by atoms with Crippen LogP contribution in [-0.2, 0) is 4.74 Å². The van der Waals surface area contributed by atoms with E-state index in [1.54, 1.807) is 0 Å². The van der Waals surface area contributed by atoms with Crippen molar-refractivity contribution in [3.05, 3.63) is 0 Å². The fourth-order valence-electron chi connectivity index (χ4n) is 6.66. The van der Waals surface area contributed by atoms with Crippen LogP contribution in [0.5, 0.6) is 0 Å². The van der Waals surface area contributed by atoms with Gasteiger partial charge in [-0.2, -0.15) is 0 Å². The summed E-state index contributed by atoms with van der Waals surface area (Å²) < 4.78 is 5.40. The zero-order chi connectivity index (χ0) is 22.3. The number of rotatable bonds is 0. The normalized spacial score (nSPS) is 44.4. The van der Waals surface area contributed by atoms with Gasteiger partial charge in [-0.3, -0.25) is 0 Å². The third-order valence-corrected chi connectivity index (χ3v) is 8.86. The van der Waals surface area contributed by atoms with Crippen LogP contribution in [0, 0.1) is 23.7 Å². The van der Waals surface area contributed by atoms with E-state index in [4.69, 9.17) is 4.74 Å². The number of nitrogens with one attached hydrogen (secondary N) is 7. The lowest BCUT2D eigenvalue weighted by Gasteiger charge is -2.41. The summed E-state index contributed by atoms with van der Waals surface area (Å²) in [6.07, 6.45) is 6.94. The van der Waals surface area contributed by atoms with Gasteiger partial charge in [-0.15, -0.1) is 0 Å². The first-order valence-electron chi connectivity index (χ1n) is 14.0. The molecule has 33 heavy (non-hydrogen) atoms. The molecule has 7 heterocycles. The molecule has 0 amide bonds. The maximum atomic E-state index is 5.40. The van der Waals surface area contributed by atoms with E-state index in [1.807, 2.05) is 0 Å². The minimum absolute atomic E-state index is 0.800. The van der Waals surface area contributed by atoms with Crippen molar-refractivity contribution in [1.29, 1.82) is 0 Å². The first kappa shape index (κ1) is 24.4. The van der Waals surface area contributed by atoms with Crippen LogP contribution in [-0.4, -0.2) is 103 Å². The maximum Gasteiger partial charge on any atom is 0.0506 e. The summed E-state index contributed by atoms with van der Waals surface area (Å²) in [5.74, 6) is 3.54. The van der Waals surface area contributed by atoms with E-state index in [2.05, 4.69) is 37.2 Å².